The lowest BCUT2D eigenvalue weighted by molar-refractivity contribution is -0.133. The summed E-state index contributed by atoms with van der Waals surface area (Å²) in [6.07, 6.45) is 0. The molecule has 3 rings (SSSR count). The van der Waals surface area contributed by atoms with Gasteiger partial charge < -0.3 is 10.6 Å². The fourth-order valence-corrected chi connectivity index (χ4v) is 3.07. The van der Waals surface area contributed by atoms with E-state index < -0.39 is 41.6 Å². The summed E-state index contributed by atoms with van der Waals surface area (Å²) in [5, 5.41) is 4.97. The zero-order valence-corrected chi connectivity index (χ0v) is 15.6. The second kappa shape index (κ2) is 7.03. The summed E-state index contributed by atoms with van der Waals surface area (Å²) >= 11 is 0. The lowest BCUT2D eigenvalue weighted by atomic mass is 9.91. The molecule has 0 aromatic heterocycles. The maximum absolute atomic E-state index is 14.1. The topological polar surface area (TPSA) is 78.5 Å². The van der Waals surface area contributed by atoms with Gasteiger partial charge in [0.1, 0.15) is 23.7 Å². The quantitative estimate of drug-likeness (QED) is 0.792. The average molecular weight is 387 g/mol. The van der Waals surface area contributed by atoms with E-state index in [2.05, 4.69) is 10.6 Å². The Morgan fingerprint density at radius 1 is 1.11 bits per heavy atom. The van der Waals surface area contributed by atoms with Crippen molar-refractivity contribution in [1.29, 1.82) is 0 Å². The van der Waals surface area contributed by atoms with Crippen LogP contribution in [0.2, 0.25) is 0 Å². The lowest BCUT2D eigenvalue weighted by Gasteiger charge is -2.22. The highest BCUT2D eigenvalue weighted by Crippen LogP contribution is 2.31. The number of aryl methyl sites for hydroxylation is 2. The van der Waals surface area contributed by atoms with Crippen LogP contribution in [0.4, 0.5) is 19.3 Å². The molecule has 0 saturated carbocycles. The van der Waals surface area contributed by atoms with Gasteiger partial charge in [0.25, 0.3) is 5.91 Å². The van der Waals surface area contributed by atoms with Crippen molar-refractivity contribution in [2.45, 2.75) is 26.3 Å². The fourth-order valence-electron chi connectivity index (χ4n) is 3.07. The SMILES string of the molecule is Cc1ccc(NC(=O)CN2C(=O)N[C@@](C)(c3cc(F)ccc3F)C2=O)cc1C. The van der Waals surface area contributed by atoms with E-state index in [0.29, 0.717) is 10.6 Å². The first kappa shape index (κ1) is 19.5. The molecule has 4 amide bonds. The number of amides is 4. The Kier molecular flexibility index (Phi) is 4.89. The van der Waals surface area contributed by atoms with Crippen LogP contribution in [0, 0.1) is 25.5 Å². The van der Waals surface area contributed by atoms with Crippen LogP contribution in [-0.2, 0) is 15.1 Å². The number of hydrogen-bond acceptors (Lipinski definition) is 3. The zero-order valence-electron chi connectivity index (χ0n) is 15.6. The number of benzene rings is 2. The Balaban J connectivity index is 1.79. The highest BCUT2D eigenvalue weighted by atomic mass is 19.1. The fraction of sp³-hybridized carbons (Fsp3) is 0.250. The molecule has 0 radical (unpaired) electrons. The van der Waals surface area contributed by atoms with Crippen molar-refractivity contribution in [3.63, 3.8) is 0 Å². The molecule has 0 spiro atoms. The molecular formula is C20H19F2N3O3. The second-order valence-electron chi connectivity index (χ2n) is 6.92. The number of nitrogens with zero attached hydrogens (tertiary/aromatic N) is 1. The average Bonchev–Trinajstić information content (AvgIpc) is 2.84. The van der Waals surface area contributed by atoms with Gasteiger partial charge in [-0.05, 0) is 62.2 Å². The zero-order chi connectivity index (χ0) is 20.6. The van der Waals surface area contributed by atoms with Gasteiger partial charge in [-0.25, -0.2) is 13.6 Å². The van der Waals surface area contributed by atoms with Crippen molar-refractivity contribution in [3.05, 3.63) is 64.7 Å². The van der Waals surface area contributed by atoms with Gasteiger partial charge in [-0.2, -0.15) is 0 Å². The number of halogens is 2. The van der Waals surface area contributed by atoms with Crippen LogP contribution in [0.5, 0.6) is 0 Å². The minimum absolute atomic E-state index is 0.303. The Morgan fingerprint density at radius 3 is 2.50 bits per heavy atom. The highest BCUT2D eigenvalue weighted by Gasteiger charge is 2.50. The Bertz CT molecular complexity index is 993. The van der Waals surface area contributed by atoms with Gasteiger partial charge in [0.2, 0.25) is 5.91 Å². The van der Waals surface area contributed by atoms with Crippen molar-refractivity contribution in [3.8, 4) is 0 Å². The largest absolute Gasteiger partial charge is 0.325 e. The summed E-state index contributed by atoms with van der Waals surface area (Å²) in [7, 11) is 0. The van der Waals surface area contributed by atoms with E-state index in [1.54, 1.807) is 12.1 Å². The predicted molar refractivity (Wildman–Crippen MR) is 98.5 cm³/mol. The normalized spacial score (nSPS) is 19.0. The minimum atomic E-state index is -1.80. The van der Waals surface area contributed by atoms with Gasteiger partial charge in [0.05, 0.1) is 0 Å². The maximum atomic E-state index is 14.1. The van der Waals surface area contributed by atoms with Gasteiger partial charge in [-0.1, -0.05) is 6.07 Å². The molecule has 1 fully saturated rings. The summed E-state index contributed by atoms with van der Waals surface area (Å²) in [4.78, 5) is 38.0. The molecule has 2 aromatic rings. The maximum Gasteiger partial charge on any atom is 0.325 e. The molecule has 2 N–H and O–H groups in total. The smallest absolute Gasteiger partial charge is 0.325 e. The van der Waals surface area contributed by atoms with Crippen molar-refractivity contribution < 1.29 is 23.2 Å². The van der Waals surface area contributed by atoms with E-state index in [1.165, 1.54) is 6.92 Å². The van der Waals surface area contributed by atoms with Crippen LogP contribution in [0.25, 0.3) is 0 Å². The number of urea groups is 1. The van der Waals surface area contributed by atoms with Gasteiger partial charge in [0.15, 0.2) is 0 Å². The number of carbonyl (C=O) groups is 3. The van der Waals surface area contributed by atoms with Crippen molar-refractivity contribution in [2.75, 3.05) is 11.9 Å². The third-order valence-corrected chi connectivity index (χ3v) is 4.83. The Morgan fingerprint density at radius 2 is 1.82 bits per heavy atom. The number of imide groups is 1. The van der Waals surface area contributed by atoms with Crippen LogP contribution in [-0.4, -0.2) is 29.3 Å². The van der Waals surface area contributed by atoms with Crippen LogP contribution in [0.3, 0.4) is 0 Å². The van der Waals surface area contributed by atoms with Gasteiger partial charge in [0, 0.05) is 11.3 Å². The van der Waals surface area contributed by atoms with E-state index in [-0.39, 0.29) is 5.56 Å². The molecule has 146 valence electrons. The third-order valence-electron chi connectivity index (χ3n) is 4.83. The number of carbonyl (C=O) groups excluding carboxylic acids is 3. The van der Waals surface area contributed by atoms with Crippen LogP contribution < -0.4 is 10.6 Å². The first-order chi connectivity index (χ1) is 13.1. The molecule has 2 aromatic carbocycles. The van der Waals surface area contributed by atoms with E-state index in [9.17, 15) is 23.2 Å². The van der Waals surface area contributed by atoms with Crippen molar-refractivity contribution in [1.82, 2.24) is 10.2 Å². The highest BCUT2D eigenvalue weighted by molar-refractivity contribution is 6.10. The standard InChI is InChI=1S/C20H19F2N3O3/c1-11-4-6-14(8-12(11)2)23-17(26)10-25-18(27)20(3,24-19(25)28)15-9-13(21)5-7-16(15)22/h4-9H,10H2,1-3H3,(H,23,26)(H,24,28)/t20-/m0/s1. The lowest BCUT2D eigenvalue weighted by Crippen LogP contribution is -2.42. The molecule has 8 heteroatoms. The Hall–Kier alpha value is -3.29. The monoisotopic (exact) mass is 387 g/mol. The molecule has 0 bridgehead atoms. The van der Waals surface area contributed by atoms with E-state index >= 15 is 0 Å². The van der Waals surface area contributed by atoms with E-state index in [4.69, 9.17) is 0 Å². The number of hydrogen-bond donors (Lipinski definition) is 2. The molecule has 1 saturated heterocycles. The Labute approximate surface area is 160 Å². The van der Waals surface area contributed by atoms with Crippen LogP contribution >= 0.6 is 0 Å². The first-order valence-corrected chi connectivity index (χ1v) is 8.58. The second-order valence-corrected chi connectivity index (χ2v) is 6.92. The summed E-state index contributed by atoms with van der Waals surface area (Å²) in [6, 6.07) is 7.10. The van der Waals surface area contributed by atoms with Crippen LogP contribution in [0.1, 0.15) is 23.6 Å². The minimum Gasteiger partial charge on any atom is -0.325 e. The molecular weight excluding hydrogens is 368 g/mol. The molecule has 28 heavy (non-hydrogen) atoms. The number of rotatable bonds is 4. The number of nitrogens with one attached hydrogen (secondary N) is 2. The molecule has 0 aliphatic carbocycles. The summed E-state index contributed by atoms with van der Waals surface area (Å²) in [5.74, 6) is -3.00. The molecule has 6 nitrogen and oxygen atoms in total. The van der Waals surface area contributed by atoms with Gasteiger partial charge in [-0.15, -0.1) is 0 Å². The summed E-state index contributed by atoms with van der Waals surface area (Å²) in [6.45, 7) is 4.54. The molecule has 1 aliphatic heterocycles. The summed E-state index contributed by atoms with van der Waals surface area (Å²) in [5.41, 5.74) is 0.452. The molecule has 0 unspecified atom stereocenters. The van der Waals surface area contributed by atoms with Gasteiger partial charge in [-0.3, -0.25) is 14.5 Å². The third kappa shape index (κ3) is 3.45. The van der Waals surface area contributed by atoms with Gasteiger partial charge >= 0.3 is 6.03 Å². The molecule has 1 atom stereocenters. The van der Waals surface area contributed by atoms with Crippen LogP contribution in [0.15, 0.2) is 36.4 Å². The van der Waals surface area contributed by atoms with Crippen molar-refractivity contribution >= 4 is 23.5 Å². The van der Waals surface area contributed by atoms with E-state index in [0.717, 1.165) is 29.3 Å². The predicted octanol–water partition coefficient (Wildman–Crippen LogP) is 2.99. The summed E-state index contributed by atoms with van der Waals surface area (Å²) < 4.78 is 27.7. The molecule has 1 aliphatic rings. The molecule has 1 heterocycles. The number of anilines is 1. The van der Waals surface area contributed by atoms with Crippen molar-refractivity contribution in [2.24, 2.45) is 0 Å². The first-order valence-electron chi connectivity index (χ1n) is 8.58. The van der Waals surface area contributed by atoms with E-state index in [1.807, 2.05) is 19.9 Å².